The highest BCUT2D eigenvalue weighted by Gasteiger charge is 2.59. The summed E-state index contributed by atoms with van der Waals surface area (Å²) in [6, 6.07) is 18.6. The van der Waals surface area contributed by atoms with Crippen LogP contribution in [0.15, 0.2) is 54.6 Å². The SMILES string of the molecule is CCC1(CC)CC2(CC(C)(C)N1OCCc1ccc(OCC3CO3)cc1)OCC(C)(COCc1ccccc1)CO2. The van der Waals surface area contributed by atoms with Crippen LogP contribution in [0.1, 0.15) is 71.4 Å². The van der Waals surface area contributed by atoms with Gasteiger partial charge in [0.05, 0.1) is 45.2 Å². The van der Waals surface area contributed by atoms with Gasteiger partial charge in [-0.15, -0.1) is 0 Å². The Labute approximate surface area is 246 Å². The standard InChI is InChI=1S/C34H49NO6/c1-6-33(7-2)23-34(39-25-32(5,26-40-34)24-36-19-28-11-9-8-10-12-28)22-31(3,4)35(33)41-18-17-27-13-15-29(16-14-27)37-20-30-21-38-30/h8-16,30H,6-7,17-26H2,1-5H3. The summed E-state index contributed by atoms with van der Waals surface area (Å²) in [6.45, 7) is 15.7. The predicted molar refractivity (Wildman–Crippen MR) is 159 cm³/mol. The molecule has 1 spiro atoms. The molecule has 1 atom stereocenters. The molecule has 0 amide bonds. The molecular formula is C34H49NO6. The monoisotopic (exact) mass is 567 g/mol. The molecule has 0 aliphatic carbocycles. The topological polar surface area (TPSA) is 61.9 Å². The number of piperidine rings is 1. The summed E-state index contributed by atoms with van der Waals surface area (Å²) in [5.74, 6) is 0.269. The van der Waals surface area contributed by atoms with Crippen LogP contribution in [-0.4, -0.2) is 67.7 Å². The van der Waals surface area contributed by atoms with Gasteiger partial charge < -0.3 is 23.7 Å². The van der Waals surface area contributed by atoms with Crippen LogP contribution in [0.3, 0.4) is 0 Å². The molecule has 0 saturated carbocycles. The van der Waals surface area contributed by atoms with E-state index in [2.05, 4.69) is 63.9 Å². The van der Waals surface area contributed by atoms with Crippen LogP contribution in [0.5, 0.6) is 5.75 Å². The van der Waals surface area contributed by atoms with E-state index in [-0.39, 0.29) is 22.6 Å². The highest BCUT2D eigenvalue weighted by molar-refractivity contribution is 5.27. The van der Waals surface area contributed by atoms with Gasteiger partial charge in [-0.3, -0.25) is 4.84 Å². The van der Waals surface area contributed by atoms with Crippen molar-refractivity contribution in [2.45, 2.75) is 96.3 Å². The molecule has 0 radical (unpaired) electrons. The first-order valence-corrected chi connectivity index (χ1v) is 15.4. The van der Waals surface area contributed by atoms with Gasteiger partial charge in [0.1, 0.15) is 18.5 Å². The minimum Gasteiger partial charge on any atom is -0.491 e. The number of nitrogens with zero attached hydrogens (tertiary/aromatic N) is 1. The Kier molecular flexibility index (Phi) is 9.43. The molecule has 3 fully saturated rings. The Balaban J connectivity index is 1.16. The number of hydrogen-bond acceptors (Lipinski definition) is 7. The minimum absolute atomic E-state index is 0.175. The minimum atomic E-state index is -0.615. The first kappa shape index (κ1) is 30.5. The summed E-state index contributed by atoms with van der Waals surface area (Å²) in [6.07, 6.45) is 4.54. The first-order chi connectivity index (χ1) is 19.7. The summed E-state index contributed by atoms with van der Waals surface area (Å²) in [4.78, 5) is 6.64. The summed E-state index contributed by atoms with van der Waals surface area (Å²) in [7, 11) is 0. The van der Waals surface area contributed by atoms with Crippen LogP contribution in [-0.2, 0) is 36.8 Å². The van der Waals surface area contributed by atoms with Gasteiger partial charge in [0, 0.05) is 23.8 Å². The van der Waals surface area contributed by atoms with Crippen molar-refractivity contribution < 1.29 is 28.5 Å². The van der Waals surface area contributed by atoms with Crippen molar-refractivity contribution in [3.63, 3.8) is 0 Å². The van der Waals surface area contributed by atoms with Crippen LogP contribution in [0, 0.1) is 5.41 Å². The van der Waals surface area contributed by atoms with Gasteiger partial charge in [-0.2, -0.15) is 5.06 Å². The number of benzene rings is 2. The van der Waals surface area contributed by atoms with E-state index in [9.17, 15) is 0 Å². The van der Waals surface area contributed by atoms with Gasteiger partial charge in [-0.05, 0) is 56.4 Å². The second-order valence-corrected chi connectivity index (χ2v) is 13.2. The zero-order valence-corrected chi connectivity index (χ0v) is 25.7. The maximum absolute atomic E-state index is 6.69. The fraction of sp³-hybridized carbons (Fsp3) is 0.647. The van der Waals surface area contributed by atoms with Crippen molar-refractivity contribution in [3.8, 4) is 5.75 Å². The third-order valence-corrected chi connectivity index (χ3v) is 8.90. The number of hydrogen-bond donors (Lipinski definition) is 0. The lowest BCUT2D eigenvalue weighted by Crippen LogP contribution is -2.69. The van der Waals surface area contributed by atoms with E-state index in [1.54, 1.807) is 0 Å². The molecule has 3 heterocycles. The van der Waals surface area contributed by atoms with Gasteiger partial charge in [0.15, 0.2) is 5.79 Å². The second-order valence-electron chi connectivity index (χ2n) is 13.2. The van der Waals surface area contributed by atoms with Gasteiger partial charge >= 0.3 is 0 Å². The molecule has 2 aromatic rings. The Hall–Kier alpha value is -2.00. The molecule has 1 unspecified atom stereocenters. The van der Waals surface area contributed by atoms with Crippen molar-refractivity contribution in [1.82, 2.24) is 5.06 Å². The molecule has 7 nitrogen and oxygen atoms in total. The third-order valence-electron chi connectivity index (χ3n) is 8.90. The predicted octanol–water partition coefficient (Wildman–Crippen LogP) is 6.34. The van der Waals surface area contributed by atoms with E-state index >= 15 is 0 Å². The van der Waals surface area contributed by atoms with Crippen molar-refractivity contribution in [3.05, 3.63) is 65.7 Å². The van der Waals surface area contributed by atoms with Gasteiger partial charge in [-0.1, -0.05) is 63.2 Å². The summed E-state index contributed by atoms with van der Waals surface area (Å²) < 4.78 is 30.5. The highest BCUT2D eigenvalue weighted by Crippen LogP contribution is 2.51. The Morgan fingerprint density at radius 2 is 1.56 bits per heavy atom. The largest absolute Gasteiger partial charge is 0.491 e. The molecular weight excluding hydrogens is 518 g/mol. The van der Waals surface area contributed by atoms with E-state index in [1.807, 2.05) is 30.3 Å². The Morgan fingerprint density at radius 1 is 0.878 bits per heavy atom. The molecule has 226 valence electrons. The maximum atomic E-state index is 6.69. The molecule has 41 heavy (non-hydrogen) atoms. The van der Waals surface area contributed by atoms with Crippen LogP contribution in [0.2, 0.25) is 0 Å². The quantitative estimate of drug-likeness (QED) is 0.262. The second kappa shape index (κ2) is 12.7. The molecule has 3 saturated heterocycles. The molecule has 0 N–H and O–H groups in total. The van der Waals surface area contributed by atoms with E-state index in [0.29, 0.717) is 39.6 Å². The molecule has 3 aliphatic heterocycles. The molecule has 5 rings (SSSR count). The van der Waals surface area contributed by atoms with E-state index in [4.69, 9.17) is 28.5 Å². The molecule has 2 aromatic carbocycles. The van der Waals surface area contributed by atoms with E-state index < -0.39 is 5.79 Å². The average molecular weight is 568 g/mol. The summed E-state index contributed by atoms with van der Waals surface area (Å²) >= 11 is 0. The van der Waals surface area contributed by atoms with Gasteiger partial charge in [0.2, 0.25) is 0 Å². The molecule has 0 bridgehead atoms. The lowest BCUT2D eigenvalue weighted by atomic mass is 9.72. The Bertz CT molecular complexity index is 1090. The average Bonchev–Trinajstić information content (AvgIpc) is 3.81. The van der Waals surface area contributed by atoms with Crippen LogP contribution >= 0.6 is 0 Å². The zero-order chi connectivity index (χ0) is 29.0. The Morgan fingerprint density at radius 3 is 2.20 bits per heavy atom. The maximum Gasteiger partial charge on any atom is 0.172 e. The van der Waals surface area contributed by atoms with Crippen LogP contribution < -0.4 is 4.74 Å². The zero-order valence-electron chi connectivity index (χ0n) is 25.7. The highest BCUT2D eigenvalue weighted by atomic mass is 16.7. The molecule has 7 heteroatoms. The number of ether oxygens (including phenoxy) is 5. The molecule has 3 aliphatic rings. The van der Waals surface area contributed by atoms with Crippen molar-refractivity contribution in [2.75, 3.05) is 39.6 Å². The molecule has 0 aromatic heterocycles. The number of epoxide rings is 1. The van der Waals surface area contributed by atoms with E-state index in [0.717, 1.165) is 44.5 Å². The van der Waals surface area contributed by atoms with E-state index in [1.165, 1.54) is 11.1 Å². The van der Waals surface area contributed by atoms with Gasteiger partial charge in [0.25, 0.3) is 0 Å². The third kappa shape index (κ3) is 7.51. The lowest BCUT2D eigenvalue weighted by molar-refractivity contribution is -0.388. The number of hydroxylamine groups is 2. The van der Waals surface area contributed by atoms with Crippen LogP contribution in [0.4, 0.5) is 0 Å². The fourth-order valence-corrected chi connectivity index (χ4v) is 6.44. The van der Waals surface area contributed by atoms with Crippen molar-refractivity contribution in [2.24, 2.45) is 5.41 Å². The number of rotatable bonds is 13. The van der Waals surface area contributed by atoms with Gasteiger partial charge in [-0.25, -0.2) is 0 Å². The van der Waals surface area contributed by atoms with Crippen LogP contribution in [0.25, 0.3) is 0 Å². The lowest BCUT2D eigenvalue weighted by Gasteiger charge is -2.61. The van der Waals surface area contributed by atoms with Crippen molar-refractivity contribution in [1.29, 1.82) is 0 Å². The summed E-state index contributed by atoms with van der Waals surface area (Å²) in [5, 5.41) is 2.28. The fourth-order valence-electron chi connectivity index (χ4n) is 6.44. The summed E-state index contributed by atoms with van der Waals surface area (Å²) in [5.41, 5.74) is 1.80. The normalized spacial score (nSPS) is 29.0. The van der Waals surface area contributed by atoms with Crippen molar-refractivity contribution >= 4 is 0 Å². The first-order valence-electron chi connectivity index (χ1n) is 15.4. The smallest absolute Gasteiger partial charge is 0.172 e.